The van der Waals surface area contributed by atoms with E-state index in [-0.39, 0.29) is 5.91 Å². The third kappa shape index (κ3) is 4.35. The Morgan fingerprint density at radius 3 is 2.50 bits per heavy atom. The lowest BCUT2D eigenvalue weighted by molar-refractivity contribution is 0.0957. The monoisotopic (exact) mass is 389 g/mol. The highest BCUT2D eigenvalue weighted by Gasteiger charge is 2.15. The van der Waals surface area contributed by atoms with E-state index >= 15 is 0 Å². The predicted molar refractivity (Wildman–Crippen MR) is 110 cm³/mol. The molecule has 5 nitrogen and oxygen atoms in total. The second-order valence-corrected chi connectivity index (χ2v) is 7.38. The van der Waals surface area contributed by atoms with Gasteiger partial charge in [-0.2, -0.15) is 4.98 Å². The summed E-state index contributed by atoms with van der Waals surface area (Å²) in [5.41, 5.74) is 2.15. The van der Waals surface area contributed by atoms with Crippen LogP contribution in [0.2, 0.25) is 0 Å². The van der Waals surface area contributed by atoms with Gasteiger partial charge in [0.2, 0.25) is 5.82 Å². The van der Waals surface area contributed by atoms with Gasteiger partial charge in [0, 0.05) is 12.1 Å². The van der Waals surface area contributed by atoms with Crippen LogP contribution in [0.25, 0.3) is 22.2 Å². The Kier molecular flexibility index (Phi) is 5.58. The van der Waals surface area contributed by atoms with Crippen molar-refractivity contribution in [2.24, 2.45) is 0 Å². The zero-order chi connectivity index (χ0) is 19.2. The number of aryl methyl sites for hydroxylation is 1. The Morgan fingerprint density at radius 1 is 0.964 bits per heavy atom. The molecule has 1 N–H and O–H groups in total. The first-order valence-electron chi connectivity index (χ1n) is 9.11. The van der Waals surface area contributed by atoms with Gasteiger partial charge in [0.15, 0.2) is 0 Å². The zero-order valence-corrected chi connectivity index (χ0v) is 16.0. The van der Waals surface area contributed by atoms with Crippen LogP contribution in [0.4, 0.5) is 0 Å². The van der Waals surface area contributed by atoms with E-state index in [4.69, 9.17) is 4.52 Å². The molecule has 0 bridgehead atoms. The van der Waals surface area contributed by atoms with Crippen LogP contribution < -0.4 is 5.32 Å². The van der Waals surface area contributed by atoms with Gasteiger partial charge in [-0.3, -0.25) is 4.79 Å². The topological polar surface area (TPSA) is 68.0 Å². The molecule has 1 amide bonds. The summed E-state index contributed by atoms with van der Waals surface area (Å²) >= 11 is 1.36. The van der Waals surface area contributed by atoms with E-state index in [1.807, 2.05) is 54.6 Å². The van der Waals surface area contributed by atoms with Gasteiger partial charge in [-0.1, -0.05) is 53.7 Å². The van der Waals surface area contributed by atoms with Crippen molar-refractivity contribution in [2.75, 3.05) is 6.54 Å². The van der Waals surface area contributed by atoms with Crippen molar-refractivity contribution in [3.8, 4) is 22.2 Å². The van der Waals surface area contributed by atoms with E-state index in [9.17, 15) is 4.79 Å². The van der Waals surface area contributed by atoms with Crippen molar-refractivity contribution >= 4 is 17.2 Å². The van der Waals surface area contributed by atoms with Crippen LogP contribution in [0, 0.1) is 0 Å². The molecule has 28 heavy (non-hydrogen) atoms. The first-order valence-corrected chi connectivity index (χ1v) is 9.93. The standard InChI is InChI=1S/C22H19N3O2S/c26-21(23-15-7-10-16-8-3-1-4-9-16)19-14-13-18(28-19)20-24-22(27-25-20)17-11-5-2-6-12-17/h1-6,8-9,11-14H,7,10,15H2,(H,23,26). The predicted octanol–water partition coefficient (Wildman–Crippen LogP) is 4.83. The SMILES string of the molecule is O=C(NCCCc1ccccc1)c1ccc(-c2noc(-c3ccccc3)n2)s1. The fourth-order valence-electron chi connectivity index (χ4n) is 2.83. The number of carbonyl (C=O) groups excluding carboxylic acids is 1. The first kappa shape index (κ1) is 18.1. The summed E-state index contributed by atoms with van der Waals surface area (Å²) in [7, 11) is 0. The minimum atomic E-state index is -0.0731. The second kappa shape index (κ2) is 8.63. The molecular weight excluding hydrogens is 370 g/mol. The Morgan fingerprint density at radius 2 is 1.71 bits per heavy atom. The summed E-state index contributed by atoms with van der Waals surface area (Å²) in [6, 6.07) is 23.5. The minimum Gasteiger partial charge on any atom is -0.351 e. The van der Waals surface area contributed by atoms with E-state index in [2.05, 4.69) is 27.6 Å². The van der Waals surface area contributed by atoms with E-state index < -0.39 is 0 Å². The van der Waals surface area contributed by atoms with Crippen molar-refractivity contribution in [2.45, 2.75) is 12.8 Å². The molecule has 0 aliphatic carbocycles. The van der Waals surface area contributed by atoms with Crippen LogP contribution in [0.5, 0.6) is 0 Å². The third-order valence-corrected chi connectivity index (χ3v) is 5.35. The van der Waals surface area contributed by atoms with Gasteiger partial charge in [-0.25, -0.2) is 0 Å². The smallest absolute Gasteiger partial charge is 0.261 e. The molecule has 0 aliphatic heterocycles. The maximum atomic E-state index is 12.4. The summed E-state index contributed by atoms with van der Waals surface area (Å²) in [6.07, 6.45) is 1.85. The molecule has 0 unspecified atom stereocenters. The molecular formula is C22H19N3O2S. The molecule has 140 valence electrons. The van der Waals surface area contributed by atoms with E-state index in [1.165, 1.54) is 16.9 Å². The van der Waals surface area contributed by atoms with Gasteiger partial charge < -0.3 is 9.84 Å². The molecule has 6 heteroatoms. The quantitative estimate of drug-likeness (QED) is 0.460. The fourth-order valence-corrected chi connectivity index (χ4v) is 3.68. The van der Waals surface area contributed by atoms with E-state index in [1.54, 1.807) is 6.07 Å². The third-order valence-electron chi connectivity index (χ3n) is 4.27. The minimum absolute atomic E-state index is 0.0731. The maximum Gasteiger partial charge on any atom is 0.261 e. The van der Waals surface area contributed by atoms with Crippen LogP contribution in [0.1, 0.15) is 21.7 Å². The molecule has 0 radical (unpaired) electrons. The van der Waals surface area contributed by atoms with Crippen LogP contribution in [-0.2, 0) is 6.42 Å². The molecule has 0 aliphatic rings. The first-order chi connectivity index (χ1) is 13.8. The van der Waals surface area contributed by atoms with Gasteiger partial charge in [0.25, 0.3) is 11.8 Å². The number of nitrogens with zero attached hydrogens (tertiary/aromatic N) is 2. The van der Waals surface area contributed by atoms with Gasteiger partial charge in [0.05, 0.1) is 9.75 Å². The highest BCUT2D eigenvalue weighted by molar-refractivity contribution is 7.17. The number of rotatable bonds is 7. The summed E-state index contributed by atoms with van der Waals surface area (Å²) in [4.78, 5) is 18.2. The van der Waals surface area contributed by atoms with Crippen molar-refractivity contribution in [3.05, 3.63) is 83.2 Å². The van der Waals surface area contributed by atoms with Crippen LogP contribution in [0.15, 0.2) is 77.3 Å². The van der Waals surface area contributed by atoms with Crippen LogP contribution in [0.3, 0.4) is 0 Å². The Labute approximate surface area is 167 Å². The van der Waals surface area contributed by atoms with Crippen LogP contribution >= 0.6 is 11.3 Å². The number of carbonyl (C=O) groups is 1. The van der Waals surface area contributed by atoms with Gasteiger partial charge in [-0.15, -0.1) is 11.3 Å². The zero-order valence-electron chi connectivity index (χ0n) is 15.2. The van der Waals surface area contributed by atoms with Crippen molar-refractivity contribution in [3.63, 3.8) is 0 Å². The summed E-state index contributed by atoms with van der Waals surface area (Å²) in [6.45, 7) is 0.640. The molecule has 0 atom stereocenters. The average Bonchev–Trinajstić information content (AvgIpc) is 3.42. The number of benzene rings is 2. The molecule has 4 rings (SSSR count). The lowest BCUT2D eigenvalue weighted by atomic mass is 10.1. The average molecular weight is 389 g/mol. The number of hydrogen-bond acceptors (Lipinski definition) is 5. The van der Waals surface area contributed by atoms with E-state index in [0.717, 1.165) is 23.3 Å². The fraction of sp³-hybridized carbons (Fsp3) is 0.136. The molecule has 4 aromatic rings. The number of hydrogen-bond donors (Lipinski definition) is 1. The number of thiophene rings is 1. The molecule has 0 saturated carbocycles. The Bertz CT molecular complexity index is 1040. The highest BCUT2D eigenvalue weighted by Crippen LogP contribution is 2.28. The maximum absolute atomic E-state index is 12.4. The summed E-state index contributed by atoms with van der Waals surface area (Å²) in [5, 5.41) is 7.01. The molecule has 0 fully saturated rings. The molecule has 2 heterocycles. The van der Waals surface area contributed by atoms with Crippen LogP contribution in [-0.4, -0.2) is 22.6 Å². The van der Waals surface area contributed by atoms with Gasteiger partial charge >= 0.3 is 0 Å². The van der Waals surface area contributed by atoms with E-state index in [0.29, 0.717) is 23.1 Å². The van der Waals surface area contributed by atoms with Crippen molar-refractivity contribution in [1.82, 2.24) is 15.5 Å². The highest BCUT2D eigenvalue weighted by atomic mass is 32.1. The Balaban J connectivity index is 1.34. The number of aromatic nitrogens is 2. The normalized spacial score (nSPS) is 10.7. The lowest BCUT2D eigenvalue weighted by Crippen LogP contribution is -2.23. The van der Waals surface area contributed by atoms with Gasteiger partial charge in [0.1, 0.15) is 0 Å². The molecule has 0 saturated heterocycles. The molecule has 0 spiro atoms. The van der Waals surface area contributed by atoms with Gasteiger partial charge in [-0.05, 0) is 42.7 Å². The number of nitrogens with one attached hydrogen (secondary N) is 1. The molecule has 2 aromatic heterocycles. The lowest BCUT2D eigenvalue weighted by Gasteiger charge is -2.03. The number of amides is 1. The largest absolute Gasteiger partial charge is 0.351 e. The molecule has 2 aromatic carbocycles. The summed E-state index contributed by atoms with van der Waals surface area (Å²) < 4.78 is 5.34. The Hall–Kier alpha value is -3.25. The summed E-state index contributed by atoms with van der Waals surface area (Å²) in [5.74, 6) is 0.888. The van der Waals surface area contributed by atoms with Crippen molar-refractivity contribution in [1.29, 1.82) is 0 Å². The second-order valence-electron chi connectivity index (χ2n) is 6.30. The van der Waals surface area contributed by atoms with Crippen molar-refractivity contribution < 1.29 is 9.32 Å².